The SMILES string of the molecule is COC(=O)C1=C(CS(=O)(=O)c2ccc(C)cc2)NC(=O)N[C@H]1c1ccc(C)cc1. The van der Waals surface area contributed by atoms with E-state index in [0.717, 1.165) is 11.1 Å². The van der Waals surface area contributed by atoms with Gasteiger partial charge < -0.3 is 15.4 Å². The van der Waals surface area contributed by atoms with Crippen molar-refractivity contribution in [3.63, 3.8) is 0 Å². The minimum absolute atomic E-state index is 0.00625. The number of methoxy groups -OCH3 is 1. The molecule has 1 heterocycles. The van der Waals surface area contributed by atoms with E-state index in [0.29, 0.717) is 5.56 Å². The highest BCUT2D eigenvalue weighted by Gasteiger charge is 2.35. The first-order valence-corrected chi connectivity index (χ1v) is 10.6. The summed E-state index contributed by atoms with van der Waals surface area (Å²) in [6, 6.07) is 12.2. The molecule has 7 nitrogen and oxygen atoms in total. The third-order valence-electron chi connectivity index (χ3n) is 4.68. The van der Waals surface area contributed by atoms with E-state index in [-0.39, 0.29) is 16.2 Å². The van der Waals surface area contributed by atoms with Crippen LogP contribution in [0.3, 0.4) is 0 Å². The lowest BCUT2D eigenvalue weighted by molar-refractivity contribution is -0.136. The molecule has 152 valence electrons. The molecule has 0 aliphatic carbocycles. The lowest BCUT2D eigenvalue weighted by Gasteiger charge is -2.29. The highest BCUT2D eigenvalue weighted by molar-refractivity contribution is 7.91. The van der Waals surface area contributed by atoms with Crippen molar-refractivity contribution in [3.05, 3.63) is 76.5 Å². The fraction of sp³-hybridized carbons (Fsp3) is 0.238. The Hall–Kier alpha value is -3.13. The van der Waals surface area contributed by atoms with Gasteiger partial charge in [-0.2, -0.15) is 0 Å². The Balaban J connectivity index is 2.08. The topological polar surface area (TPSA) is 102 Å². The number of nitrogens with one attached hydrogen (secondary N) is 2. The summed E-state index contributed by atoms with van der Waals surface area (Å²) in [4.78, 5) is 24.9. The number of rotatable bonds is 5. The van der Waals surface area contributed by atoms with Crippen molar-refractivity contribution in [1.29, 1.82) is 0 Å². The number of urea groups is 1. The minimum atomic E-state index is -3.80. The predicted molar refractivity (Wildman–Crippen MR) is 108 cm³/mol. The third-order valence-corrected chi connectivity index (χ3v) is 6.34. The van der Waals surface area contributed by atoms with E-state index < -0.39 is 33.6 Å². The second-order valence-electron chi connectivity index (χ2n) is 6.90. The molecule has 0 saturated carbocycles. The van der Waals surface area contributed by atoms with Crippen LogP contribution in [0.15, 0.2) is 64.7 Å². The second-order valence-corrected chi connectivity index (χ2v) is 8.89. The van der Waals surface area contributed by atoms with Gasteiger partial charge in [-0.05, 0) is 31.5 Å². The molecule has 0 aromatic heterocycles. The summed E-state index contributed by atoms with van der Waals surface area (Å²) in [5.74, 6) is -1.24. The number of hydrogen-bond acceptors (Lipinski definition) is 5. The summed E-state index contributed by atoms with van der Waals surface area (Å²) in [7, 11) is -2.58. The number of carbonyl (C=O) groups is 2. The van der Waals surface area contributed by atoms with Crippen molar-refractivity contribution < 1.29 is 22.7 Å². The minimum Gasteiger partial charge on any atom is -0.466 e. The zero-order valence-corrected chi connectivity index (χ0v) is 17.2. The standard InChI is InChI=1S/C21H22N2O5S/c1-13-4-8-15(9-5-13)19-18(20(24)28-3)17(22-21(25)23-19)12-29(26,27)16-10-6-14(2)7-11-16/h4-11,19H,12H2,1-3H3,(H2,22,23,25)/t19-/m0/s1. The van der Waals surface area contributed by atoms with E-state index in [1.54, 1.807) is 24.3 Å². The largest absolute Gasteiger partial charge is 0.466 e. The molecule has 2 aromatic rings. The molecule has 2 amide bonds. The van der Waals surface area contributed by atoms with Crippen LogP contribution in [0.25, 0.3) is 0 Å². The summed E-state index contributed by atoms with van der Waals surface area (Å²) in [5.41, 5.74) is 2.65. The molecule has 0 radical (unpaired) electrons. The smallest absolute Gasteiger partial charge is 0.338 e. The van der Waals surface area contributed by atoms with Gasteiger partial charge in [-0.1, -0.05) is 47.5 Å². The molecule has 0 saturated heterocycles. The molecule has 8 heteroatoms. The molecule has 29 heavy (non-hydrogen) atoms. The van der Waals surface area contributed by atoms with Gasteiger partial charge >= 0.3 is 12.0 Å². The van der Waals surface area contributed by atoms with Crippen molar-refractivity contribution in [1.82, 2.24) is 10.6 Å². The maximum Gasteiger partial charge on any atom is 0.338 e. The van der Waals surface area contributed by atoms with Crippen LogP contribution in [0.5, 0.6) is 0 Å². The summed E-state index contributed by atoms with van der Waals surface area (Å²) in [5, 5.41) is 5.16. The van der Waals surface area contributed by atoms with Crippen LogP contribution in [0.4, 0.5) is 4.79 Å². The van der Waals surface area contributed by atoms with E-state index in [2.05, 4.69) is 10.6 Å². The number of hydrogen-bond donors (Lipinski definition) is 2. The van der Waals surface area contributed by atoms with Crippen molar-refractivity contribution in [3.8, 4) is 0 Å². The van der Waals surface area contributed by atoms with Crippen LogP contribution >= 0.6 is 0 Å². The monoisotopic (exact) mass is 414 g/mol. The predicted octanol–water partition coefficient (Wildman–Crippen LogP) is 2.56. The molecule has 3 rings (SSSR count). The second kappa shape index (κ2) is 8.08. The summed E-state index contributed by atoms with van der Waals surface area (Å²) in [6.07, 6.45) is 0. The third kappa shape index (κ3) is 4.48. The van der Waals surface area contributed by atoms with E-state index in [4.69, 9.17) is 4.74 Å². The Labute approximate surface area is 169 Å². The van der Waals surface area contributed by atoms with Gasteiger partial charge in [0.25, 0.3) is 0 Å². The normalized spacial score (nSPS) is 16.8. The number of ether oxygens (including phenoxy) is 1. The van der Waals surface area contributed by atoms with Gasteiger partial charge in [0.05, 0.1) is 29.4 Å². The van der Waals surface area contributed by atoms with Gasteiger partial charge in [-0.15, -0.1) is 0 Å². The van der Waals surface area contributed by atoms with Crippen LogP contribution in [-0.2, 0) is 19.4 Å². The Morgan fingerprint density at radius 2 is 1.55 bits per heavy atom. The van der Waals surface area contributed by atoms with Gasteiger partial charge in [0.1, 0.15) is 0 Å². The fourth-order valence-corrected chi connectivity index (χ4v) is 4.44. The van der Waals surface area contributed by atoms with E-state index in [1.165, 1.54) is 19.2 Å². The summed E-state index contributed by atoms with van der Waals surface area (Å²) < 4.78 is 30.7. The molecule has 1 aliphatic heterocycles. The van der Waals surface area contributed by atoms with Gasteiger partial charge in [0.15, 0.2) is 9.84 Å². The summed E-state index contributed by atoms with van der Waals surface area (Å²) in [6.45, 7) is 3.77. The molecule has 1 aliphatic rings. The average Bonchev–Trinajstić information content (AvgIpc) is 2.67. The molecular weight excluding hydrogens is 392 g/mol. The zero-order chi connectivity index (χ0) is 21.2. The van der Waals surface area contributed by atoms with Crippen molar-refractivity contribution in [2.24, 2.45) is 0 Å². The quantitative estimate of drug-likeness (QED) is 0.732. The lowest BCUT2D eigenvalue weighted by Crippen LogP contribution is -2.47. The first-order chi connectivity index (χ1) is 13.7. The fourth-order valence-electron chi connectivity index (χ4n) is 3.11. The van der Waals surface area contributed by atoms with Crippen LogP contribution in [0.1, 0.15) is 22.7 Å². The zero-order valence-electron chi connectivity index (χ0n) is 16.4. The maximum atomic E-state index is 12.9. The Kier molecular flexibility index (Phi) is 5.74. The van der Waals surface area contributed by atoms with Crippen molar-refractivity contribution in [2.45, 2.75) is 24.8 Å². The first kappa shape index (κ1) is 20.6. The molecule has 0 fully saturated rings. The van der Waals surface area contributed by atoms with Crippen molar-refractivity contribution in [2.75, 3.05) is 12.9 Å². The van der Waals surface area contributed by atoms with E-state index >= 15 is 0 Å². The number of sulfone groups is 1. The van der Waals surface area contributed by atoms with Crippen LogP contribution in [0, 0.1) is 13.8 Å². The maximum absolute atomic E-state index is 12.9. The van der Waals surface area contributed by atoms with Crippen LogP contribution in [-0.4, -0.2) is 33.3 Å². The number of aryl methyl sites for hydroxylation is 2. The molecule has 0 unspecified atom stereocenters. The molecule has 0 spiro atoms. The lowest BCUT2D eigenvalue weighted by atomic mass is 9.95. The highest BCUT2D eigenvalue weighted by atomic mass is 32.2. The average molecular weight is 414 g/mol. The molecule has 1 atom stereocenters. The number of esters is 1. The number of benzene rings is 2. The van der Waals surface area contributed by atoms with Gasteiger partial charge in [0, 0.05) is 5.70 Å². The Morgan fingerprint density at radius 3 is 2.10 bits per heavy atom. The number of amides is 2. The molecule has 2 N–H and O–H groups in total. The molecule has 0 bridgehead atoms. The van der Waals surface area contributed by atoms with Gasteiger partial charge in [-0.3, -0.25) is 0 Å². The number of carbonyl (C=O) groups excluding carboxylic acids is 2. The van der Waals surface area contributed by atoms with Crippen LogP contribution in [0.2, 0.25) is 0 Å². The first-order valence-electron chi connectivity index (χ1n) is 8.96. The Morgan fingerprint density at radius 1 is 1.00 bits per heavy atom. The Bertz CT molecular complexity index is 1070. The van der Waals surface area contributed by atoms with Crippen molar-refractivity contribution >= 4 is 21.8 Å². The molecule has 2 aromatic carbocycles. The highest BCUT2D eigenvalue weighted by Crippen LogP contribution is 2.29. The van der Waals surface area contributed by atoms with Gasteiger partial charge in [-0.25, -0.2) is 18.0 Å². The van der Waals surface area contributed by atoms with E-state index in [1.807, 2.05) is 26.0 Å². The summed E-state index contributed by atoms with van der Waals surface area (Å²) >= 11 is 0. The van der Waals surface area contributed by atoms with Crippen LogP contribution < -0.4 is 10.6 Å². The van der Waals surface area contributed by atoms with Gasteiger partial charge in [0.2, 0.25) is 0 Å². The van der Waals surface area contributed by atoms with E-state index in [9.17, 15) is 18.0 Å². The molecular formula is C21H22N2O5S.